The molecular formula is C9H12N4O. The van der Waals surface area contributed by atoms with Crippen molar-refractivity contribution in [3.8, 4) is 0 Å². The molecule has 5 nitrogen and oxygen atoms in total. The lowest BCUT2D eigenvalue weighted by atomic mass is 10.5. The maximum atomic E-state index is 8.98. The van der Waals surface area contributed by atoms with Crippen molar-refractivity contribution in [2.24, 2.45) is 0 Å². The molecular weight excluding hydrogens is 180 g/mol. The summed E-state index contributed by atoms with van der Waals surface area (Å²) in [6, 6.07) is 0. The van der Waals surface area contributed by atoms with Crippen LogP contribution in [-0.4, -0.2) is 24.2 Å². The predicted molar refractivity (Wildman–Crippen MR) is 50.4 cm³/mol. The monoisotopic (exact) mass is 192 g/mol. The number of aliphatic hydroxyl groups excluding tert-OH is 1. The van der Waals surface area contributed by atoms with Crippen LogP contribution in [0.2, 0.25) is 0 Å². The van der Waals surface area contributed by atoms with Gasteiger partial charge < -0.3 is 14.2 Å². The van der Waals surface area contributed by atoms with Gasteiger partial charge in [-0.25, -0.2) is 9.97 Å². The number of hydrogen-bond donors (Lipinski definition) is 1. The number of nitrogens with zero attached hydrogens (tertiary/aromatic N) is 4. The van der Waals surface area contributed by atoms with E-state index in [1.165, 1.54) is 0 Å². The van der Waals surface area contributed by atoms with Gasteiger partial charge in [-0.05, 0) is 0 Å². The van der Waals surface area contributed by atoms with Crippen LogP contribution >= 0.6 is 0 Å². The van der Waals surface area contributed by atoms with Crippen LogP contribution in [0.15, 0.2) is 31.2 Å². The van der Waals surface area contributed by atoms with Gasteiger partial charge >= 0.3 is 0 Å². The number of imidazole rings is 2. The van der Waals surface area contributed by atoms with Crippen LogP contribution in [0.4, 0.5) is 0 Å². The van der Waals surface area contributed by atoms with Crippen LogP contribution in [0.25, 0.3) is 0 Å². The van der Waals surface area contributed by atoms with Crippen LogP contribution in [0, 0.1) is 0 Å². The Morgan fingerprint density at radius 2 is 2.14 bits per heavy atom. The van der Waals surface area contributed by atoms with E-state index in [4.69, 9.17) is 5.11 Å². The molecule has 0 bridgehead atoms. The Kier molecular flexibility index (Phi) is 2.60. The summed E-state index contributed by atoms with van der Waals surface area (Å²) in [5.74, 6) is 0. The van der Waals surface area contributed by atoms with Crippen molar-refractivity contribution in [1.82, 2.24) is 19.1 Å². The van der Waals surface area contributed by atoms with Crippen molar-refractivity contribution in [3.63, 3.8) is 0 Å². The van der Waals surface area contributed by atoms with E-state index in [0.717, 1.165) is 18.8 Å². The largest absolute Gasteiger partial charge is 0.390 e. The number of aromatic nitrogens is 4. The molecule has 0 spiro atoms. The van der Waals surface area contributed by atoms with Crippen molar-refractivity contribution in [2.75, 3.05) is 0 Å². The maximum absolute atomic E-state index is 8.98. The van der Waals surface area contributed by atoms with Crippen molar-refractivity contribution >= 4 is 0 Å². The highest BCUT2D eigenvalue weighted by molar-refractivity contribution is 4.95. The molecule has 2 aromatic heterocycles. The summed E-state index contributed by atoms with van der Waals surface area (Å²) in [5.41, 5.74) is 0.838. The number of hydrogen-bond acceptors (Lipinski definition) is 3. The topological polar surface area (TPSA) is 55.9 Å². The fourth-order valence-electron chi connectivity index (χ4n) is 1.32. The molecule has 14 heavy (non-hydrogen) atoms. The molecule has 0 aliphatic heterocycles. The second kappa shape index (κ2) is 4.06. The lowest BCUT2D eigenvalue weighted by Gasteiger charge is -2.06. The van der Waals surface area contributed by atoms with Gasteiger partial charge in [0, 0.05) is 25.5 Å². The SMILES string of the molecule is OCc1cncn1CCn1ccnc1. The minimum absolute atomic E-state index is 0.0317. The molecule has 0 fully saturated rings. The lowest BCUT2D eigenvalue weighted by Crippen LogP contribution is -2.07. The number of aliphatic hydroxyl groups is 1. The molecule has 0 aliphatic rings. The molecule has 0 saturated carbocycles. The predicted octanol–water partition coefficient (Wildman–Crippen LogP) is 0.272. The van der Waals surface area contributed by atoms with Crippen LogP contribution in [0.5, 0.6) is 0 Å². The molecule has 1 N–H and O–H groups in total. The Morgan fingerprint density at radius 3 is 2.86 bits per heavy atom. The van der Waals surface area contributed by atoms with E-state index in [2.05, 4.69) is 9.97 Å². The van der Waals surface area contributed by atoms with E-state index in [1.54, 1.807) is 25.0 Å². The lowest BCUT2D eigenvalue weighted by molar-refractivity contribution is 0.269. The Labute approximate surface area is 81.7 Å². The first kappa shape index (κ1) is 8.96. The van der Waals surface area contributed by atoms with E-state index >= 15 is 0 Å². The standard InChI is InChI=1S/C9H12N4O/c14-6-9-5-11-8-13(9)4-3-12-2-1-10-7-12/h1-2,5,7-8,14H,3-4,6H2. The van der Waals surface area contributed by atoms with Gasteiger partial charge in [0.1, 0.15) is 0 Å². The Balaban J connectivity index is 1.98. The summed E-state index contributed by atoms with van der Waals surface area (Å²) in [6.45, 7) is 1.67. The van der Waals surface area contributed by atoms with Gasteiger partial charge in [-0.3, -0.25) is 0 Å². The molecule has 0 aromatic carbocycles. The average molecular weight is 192 g/mol. The molecule has 2 aromatic rings. The second-order valence-corrected chi connectivity index (χ2v) is 3.04. The maximum Gasteiger partial charge on any atom is 0.0949 e. The second-order valence-electron chi connectivity index (χ2n) is 3.04. The zero-order valence-electron chi connectivity index (χ0n) is 7.74. The van der Waals surface area contributed by atoms with Crippen LogP contribution in [0.3, 0.4) is 0 Å². The third-order valence-corrected chi connectivity index (χ3v) is 2.12. The summed E-state index contributed by atoms with van der Waals surface area (Å²) >= 11 is 0. The van der Waals surface area contributed by atoms with Gasteiger partial charge in [0.15, 0.2) is 0 Å². The van der Waals surface area contributed by atoms with Gasteiger partial charge in [0.25, 0.3) is 0 Å². The number of aryl methyl sites for hydroxylation is 2. The van der Waals surface area contributed by atoms with Crippen molar-refractivity contribution in [3.05, 3.63) is 36.9 Å². The third-order valence-electron chi connectivity index (χ3n) is 2.12. The van der Waals surface area contributed by atoms with E-state index in [9.17, 15) is 0 Å². The zero-order chi connectivity index (χ0) is 9.80. The molecule has 2 rings (SSSR count). The third kappa shape index (κ3) is 1.82. The average Bonchev–Trinajstić information content (AvgIpc) is 2.85. The number of rotatable bonds is 4. The summed E-state index contributed by atoms with van der Waals surface area (Å²) < 4.78 is 3.92. The molecule has 0 radical (unpaired) electrons. The van der Waals surface area contributed by atoms with Crippen molar-refractivity contribution < 1.29 is 5.11 Å². The highest BCUT2D eigenvalue weighted by Crippen LogP contribution is 1.99. The van der Waals surface area contributed by atoms with Gasteiger partial charge in [0.2, 0.25) is 0 Å². The van der Waals surface area contributed by atoms with E-state index in [1.807, 2.05) is 15.3 Å². The van der Waals surface area contributed by atoms with E-state index in [0.29, 0.717) is 0 Å². The molecule has 74 valence electrons. The van der Waals surface area contributed by atoms with Crippen molar-refractivity contribution in [2.45, 2.75) is 19.7 Å². The van der Waals surface area contributed by atoms with E-state index < -0.39 is 0 Å². The first-order valence-electron chi connectivity index (χ1n) is 4.46. The van der Waals surface area contributed by atoms with Gasteiger partial charge in [0.05, 0.1) is 31.2 Å². The van der Waals surface area contributed by atoms with Gasteiger partial charge in [-0.1, -0.05) is 0 Å². The minimum atomic E-state index is 0.0317. The molecule has 0 atom stereocenters. The zero-order valence-corrected chi connectivity index (χ0v) is 7.74. The van der Waals surface area contributed by atoms with Crippen LogP contribution in [-0.2, 0) is 19.7 Å². The molecule has 0 aliphatic carbocycles. The fraction of sp³-hybridized carbons (Fsp3) is 0.333. The molecule has 2 heterocycles. The quantitative estimate of drug-likeness (QED) is 0.756. The smallest absolute Gasteiger partial charge is 0.0949 e. The van der Waals surface area contributed by atoms with Gasteiger partial charge in [-0.15, -0.1) is 0 Å². The molecule has 5 heteroatoms. The minimum Gasteiger partial charge on any atom is -0.390 e. The summed E-state index contributed by atoms with van der Waals surface area (Å²) in [4.78, 5) is 7.92. The van der Waals surface area contributed by atoms with Crippen LogP contribution < -0.4 is 0 Å². The highest BCUT2D eigenvalue weighted by atomic mass is 16.3. The summed E-state index contributed by atoms with van der Waals surface area (Å²) in [6.07, 6.45) is 8.84. The van der Waals surface area contributed by atoms with Crippen molar-refractivity contribution in [1.29, 1.82) is 0 Å². The summed E-state index contributed by atoms with van der Waals surface area (Å²) in [5, 5.41) is 8.98. The van der Waals surface area contributed by atoms with Crippen LogP contribution in [0.1, 0.15) is 5.69 Å². The Bertz CT molecular complexity index is 379. The first-order chi connectivity index (χ1) is 6.90. The molecule has 0 unspecified atom stereocenters. The molecule has 0 amide bonds. The molecule has 0 saturated heterocycles. The normalized spacial score (nSPS) is 10.6. The highest BCUT2D eigenvalue weighted by Gasteiger charge is 1.99. The van der Waals surface area contributed by atoms with Gasteiger partial charge in [-0.2, -0.15) is 0 Å². The first-order valence-corrected chi connectivity index (χ1v) is 4.46. The fourth-order valence-corrected chi connectivity index (χ4v) is 1.32. The van der Waals surface area contributed by atoms with E-state index in [-0.39, 0.29) is 6.61 Å². The Morgan fingerprint density at radius 1 is 1.21 bits per heavy atom. The summed E-state index contributed by atoms with van der Waals surface area (Å²) in [7, 11) is 0. The Hall–Kier alpha value is -1.62.